The third-order valence-electron chi connectivity index (χ3n) is 4.69. The SMILES string of the molecule is CCOc1cc(CCCCC(=O)O)ccc1NC(=O)C1CCCCC1. The fourth-order valence-electron chi connectivity index (χ4n) is 3.31. The van der Waals surface area contributed by atoms with Crippen molar-refractivity contribution in [3.63, 3.8) is 0 Å². The predicted octanol–water partition coefficient (Wildman–Crippen LogP) is 4.40. The number of nitrogens with one attached hydrogen (secondary N) is 1. The second-order valence-corrected chi connectivity index (χ2v) is 6.69. The molecule has 0 saturated heterocycles. The molecule has 0 aromatic heterocycles. The molecule has 5 nitrogen and oxygen atoms in total. The maximum atomic E-state index is 12.5. The first kappa shape index (κ1) is 19.3. The summed E-state index contributed by atoms with van der Waals surface area (Å²) in [6, 6.07) is 5.85. The summed E-state index contributed by atoms with van der Waals surface area (Å²) in [7, 11) is 0. The number of unbranched alkanes of at least 4 members (excludes halogenated alkanes) is 1. The number of rotatable bonds is 9. The van der Waals surface area contributed by atoms with Crippen molar-refractivity contribution in [1.82, 2.24) is 0 Å². The van der Waals surface area contributed by atoms with Crippen LogP contribution < -0.4 is 10.1 Å². The zero-order valence-electron chi connectivity index (χ0n) is 15.1. The van der Waals surface area contributed by atoms with E-state index in [1.54, 1.807) is 0 Å². The Balaban J connectivity index is 1.97. The minimum absolute atomic E-state index is 0.0925. The number of anilines is 1. The molecule has 0 bridgehead atoms. The highest BCUT2D eigenvalue weighted by molar-refractivity contribution is 5.94. The van der Waals surface area contributed by atoms with Crippen molar-refractivity contribution in [2.24, 2.45) is 5.92 Å². The van der Waals surface area contributed by atoms with E-state index in [1.165, 1.54) is 6.42 Å². The first-order valence-electron chi connectivity index (χ1n) is 9.38. The number of carbonyl (C=O) groups is 2. The van der Waals surface area contributed by atoms with Gasteiger partial charge in [-0.05, 0) is 56.7 Å². The molecule has 0 spiro atoms. The highest BCUT2D eigenvalue weighted by Gasteiger charge is 2.22. The molecule has 1 fully saturated rings. The number of hydrogen-bond acceptors (Lipinski definition) is 3. The molecule has 1 amide bonds. The Morgan fingerprint density at radius 2 is 1.96 bits per heavy atom. The highest BCUT2D eigenvalue weighted by Crippen LogP contribution is 2.30. The number of aliphatic carboxylic acids is 1. The van der Waals surface area contributed by atoms with Gasteiger partial charge in [-0.1, -0.05) is 25.3 Å². The van der Waals surface area contributed by atoms with Crippen LogP contribution in [0.1, 0.15) is 63.9 Å². The molecule has 2 rings (SSSR count). The standard InChI is InChI=1S/C20H29NO4/c1-2-25-18-14-15(8-6-7-11-19(22)23)12-13-17(18)21-20(24)16-9-4-3-5-10-16/h12-14,16H,2-11H2,1H3,(H,21,24)(H,22,23). The Bertz CT molecular complexity index is 579. The number of benzene rings is 1. The molecule has 0 atom stereocenters. The fraction of sp³-hybridized carbons (Fsp3) is 0.600. The highest BCUT2D eigenvalue weighted by atomic mass is 16.5. The van der Waals surface area contributed by atoms with Gasteiger partial charge in [0.25, 0.3) is 0 Å². The Morgan fingerprint density at radius 1 is 1.20 bits per heavy atom. The number of carbonyl (C=O) groups excluding carboxylic acids is 1. The van der Waals surface area contributed by atoms with Crippen LogP contribution in [0.5, 0.6) is 5.75 Å². The largest absolute Gasteiger partial charge is 0.492 e. The Hall–Kier alpha value is -2.04. The molecule has 0 unspecified atom stereocenters. The maximum absolute atomic E-state index is 12.5. The molecule has 0 aliphatic heterocycles. The smallest absolute Gasteiger partial charge is 0.303 e. The van der Waals surface area contributed by atoms with Gasteiger partial charge in [-0.15, -0.1) is 0 Å². The van der Waals surface area contributed by atoms with Gasteiger partial charge in [-0.25, -0.2) is 0 Å². The maximum Gasteiger partial charge on any atom is 0.303 e. The van der Waals surface area contributed by atoms with Crippen LogP contribution in [0.25, 0.3) is 0 Å². The Morgan fingerprint density at radius 3 is 2.64 bits per heavy atom. The molecule has 1 aliphatic carbocycles. The molecule has 0 radical (unpaired) electrons. The quantitative estimate of drug-likeness (QED) is 0.649. The average molecular weight is 347 g/mol. The molecule has 2 N–H and O–H groups in total. The third-order valence-corrected chi connectivity index (χ3v) is 4.69. The second-order valence-electron chi connectivity index (χ2n) is 6.69. The van der Waals surface area contributed by atoms with Crippen LogP contribution in [-0.2, 0) is 16.0 Å². The van der Waals surface area contributed by atoms with Crippen molar-refractivity contribution in [3.8, 4) is 5.75 Å². The first-order valence-corrected chi connectivity index (χ1v) is 9.38. The van der Waals surface area contributed by atoms with E-state index in [0.717, 1.165) is 49.8 Å². The molecule has 1 aromatic carbocycles. The summed E-state index contributed by atoms with van der Waals surface area (Å²) < 4.78 is 5.70. The molecular weight excluding hydrogens is 318 g/mol. The predicted molar refractivity (Wildman–Crippen MR) is 98.0 cm³/mol. The number of carboxylic acid groups (broad SMARTS) is 1. The summed E-state index contributed by atoms with van der Waals surface area (Å²) in [4.78, 5) is 23.0. The van der Waals surface area contributed by atoms with Crippen molar-refractivity contribution >= 4 is 17.6 Å². The van der Waals surface area contributed by atoms with Crippen LogP contribution in [0.4, 0.5) is 5.69 Å². The molecule has 1 aliphatic rings. The number of carboxylic acids is 1. The van der Waals surface area contributed by atoms with Crippen LogP contribution in [0, 0.1) is 5.92 Å². The van der Waals surface area contributed by atoms with Crippen LogP contribution in [0.15, 0.2) is 18.2 Å². The summed E-state index contributed by atoms with van der Waals surface area (Å²) in [5.41, 5.74) is 1.83. The second kappa shape index (κ2) is 10.1. The van der Waals surface area contributed by atoms with Gasteiger partial charge in [-0.3, -0.25) is 9.59 Å². The summed E-state index contributed by atoms with van der Waals surface area (Å²) in [5.74, 6) is 0.145. The van der Waals surface area contributed by atoms with Crippen molar-refractivity contribution in [2.45, 2.75) is 64.7 Å². The lowest BCUT2D eigenvalue weighted by Crippen LogP contribution is -2.25. The average Bonchev–Trinajstić information content (AvgIpc) is 2.61. The topological polar surface area (TPSA) is 75.6 Å². The number of aryl methyl sites for hydroxylation is 1. The lowest BCUT2D eigenvalue weighted by atomic mass is 9.88. The van der Waals surface area contributed by atoms with E-state index in [1.807, 2.05) is 25.1 Å². The summed E-state index contributed by atoms with van der Waals surface area (Å²) in [5, 5.41) is 11.7. The van der Waals surface area contributed by atoms with E-state index < -0.39 is 5.97 Å². The summed E-state index contributed by atoms with van der Waals surface area (Å²) in [6.07, 6.45) is 7.93. The van der Waals surface area contributed by atoms with Gasteiger partial charge >= 0.3 is 5.97 Å². The van der Waals surface area contributed by atoms with Gasteiger partial charge in [0.2, 0.25) is 5.91 Å². The molecule has 5 heteroatoms. The van der Waals surface area contributed by atoms with Crippen LogP contribution in [0.3, 0.4) is 0 Å². The third kappa shape index (κ3) is 6.40. The van der Waals surface area contributed by atoms with Gasteiger partial charge in [-0.2, -0.15) is 0 Å². The van der Waals surface area contributed by atoms with Crippen molar-refractivity contribution < 1.29 is 19.4 Å². The van der Waals surface area contributed by atoms with Gasteiger partial charge in [0.05, 0.1) is 12.3 Å². The molecule has 1 saturated carbocycles. The van der Waals surface area contributed by atoms with Crippen LogP contribution in [0.2, 0.25) is 0 Å². The minimum Gasteiger partial charge on any atom is -0.492 e. The summed E-state index contributed by atoms with van der Waals surface area (Å²) in [6.45, 7) is 2.46. The van der Waals surface area contributed by atoms with Crippen LogP contribution >= 0.6 is 0 Å². The summed E-state index contributed by atoms with van der Waals surface area (Å²) >= 11 is 0. The van der Waals surface area contributed by atoms with Gasteiger partial charge in [0.15, 0.2) is 0 Å². The van der Waals surface area contributed by atoms with Gasteiger partial charge in [0.1, 0.15) is 5.75 Å². The van der Waals surface area contributed by atoms with E-state index in [2.05, 4.69) is 5.32 Å². The van der Waals surface area contributed by atoms with Gasteiger partial charge < -0.3 is 15.2 Å². The molecule has 1 aromatic rings. The molecular formula is C20H29NO4. The van der Waals surface area contributed by atoms with E-state index in [0.29, 0.717) is 18.8 Å². The Labute approximate surface area is 149 Å². The zero-order chi connectivity index (χ0) is 18.1. The minimum atomic E-state index is -0.754. The first-order chi connectivity index (χ1) is 12.1. The van der Waals surface area contributed by atoms with E-state index in [-0.39, 0.29) is 18.2 Å². The van der Waals surface area contributed by atoms with Crippen LogP contribution in [-0.4, -0.2) is 23.6 Å². The normalized spacial score (nSPS) is 14.9. The van der Waals surface area contributed by atoms with E-state index in [4.69, 9.17) is 9.84 Å². The van der Waals surface area contributed by atoms with E-state index >= 15 is 0 Å². The number of amides is 1. The van der Waals surface area contributed by atoms with Gasteiger partial charge in [0, 0.05) is 12.3 Å². The molecule has 138 valence electrons. The number of hydrogen-bond donors (Lipinski definition) is 2. The lowest BCUT2D eigenvalue weighted by molar-refractivity contribution is -0.137. The van der Waals surface area contributed by atoms with E-state index in [9.17, 15) is 9.59 Å². The van der Waals surface area contributed by atoms with Crippen molar-refractivity contribution in [1.29, 1.82) is 0 Å². The molecule has 0 heterocycles. The monoisotopic (exact) mass is 347 g/mol. The number of ether oxygens (including phenoxy) is 1. The zero-order valence-corrected chi connectivity index (χ0v) is 15.1. The fourth-order valence-corrected chi connectivity index (χ4v) is 3.31. The van der Waals surface area contributed by atoms with Crippen molar-refractivity contribution in [3.05, 3.63) is 23.8 Å². The molecule has 25 heavy (non-hydrogen) atoms. The Kier molecular flexibility index (Phi) is 7.76. The lowest BCUT2D eigenvalue weighted by Gasteiger charge is -2.21. The van der Waals surface area contributed by atoms with Crippen molar-refractivity contribution in [2.75, 3.05) is 11.9 Å².